The molecule has 1 rings (SSSR count). The van der Waals surface area contributed by atoms with E-state index in [1.807, 2.05) is 22.6 Å². The fourth-order valence-electron chi connectivity index (χ4n) is 0.780. The van der Waals surface area contributed by atoms with Crippen LogP contribution in [0.2, 0.25) is 0 Å². The van der Waals surface area contributed by atoms with Gasteiger partial charge in [-0.15, -0.1) is 0 Å². The van der Waals surface area contributed by atoms with Crippen molar-refractivity contribution in [1.29, 1.82) is 0 Å². The van der Waals surface area contributed by atoms with Crippen LogP contribution in [0.4, 0.5) is 14.5 Å². The second-order valence-corrected chi connectivity index (χ2v) is 3.39. The fourth-order valence-corrected chi connectivity index (χ4v) is 1.48. The number of hydrogen-bond acceptors (Lipinski definition) is 2. The third-order valence-electron chi connectivity index (χ3n) is 1.46. The number of nitrogens with zero attached hydrogens (tertiary/aromatic N) is 1. The van der Waals surface area contributed by atoms with E-state index in [4.69, 9.17) is 5.73 Å². The van der Waals surface area contributed by atoms with E-state index < -0.39 is 6.43 Å². The van der Waals surface area contributed by atoms with E-state index >= 15 is 0 Å². The second-order valence-electron chi connectivity index (χ2n) is 2.37. The van der Waals surface area contributed by atoms with E-state index in [0.717, 1.165) is 0 Å². The van der Waals surface area contributed by atoms with Crippen molar-refractivity contribution in [3.05, 3.63) is 21.0 Å². The maximum Gasteiger partial charge on any atom is 0.280 e. The lowest BCUT2D eigenvalue weighted by Gasteiger charge is -2.05. The number of aryl methyl sites for hydroxylation is 1. The van der Waals surface area contributed by atoms with Crippen molar-refractivity contribution in [2.45, 2.75) is 13.3 Å². The Bertz CT molecular complexity index is 278. The van der Waals surface area contributed by atoms with Gasteiger partial charge in [-0.3, -0.25) is 0 Å². The van der Waals surface area contributed by atoms with Crippen molar-refractivity contribution in [3.63, 3.8) is 0 Å². The molecule has 0 aromatic carbocycles. The summed E-state index contributed by atoms with van der Waals surface area (Å²) < 4.78 is 24.7. The molecule has 1 aromatic rings. The first-order valence-corrected chi connectivity index (χ1v) is 4.31. The first-order valence-electron chi connectivity index (χ1n) is 3.23. The lowest BCUT2D eigenvalue weighted by atomic mass is 10.2. The number of aromatic nitrogens is 1. The summed E-state index contributed by atoms with van der Waals surface area (Å²) in [6.45, 7) is 1.69. The van der Waals surface area contributed by atoms with E-state index in [1.54, 1.807) is 6.92 Å². The lowest BCUT2D eigenvalue weighted by molar-refractivity contribution is 0.146. The Morgan fingerprint density at radius 2 is 2.17 bits per heavy atom. The minimum Gasteiger partial charge on any atom is -0.396 e. The van der Waals surface area contributed by atoms with Crippen LogP contribution in [0, 0.1) is 10.6 Å². The van der Waals surface area contributed by atoms with Gasteiger partial charge in [0.25, 0.3) is 6.43 Å². The predicted octanol–water partition coefficient (Wildman–Crippen LogP) is 2.51. The van der Waals surface area contributed by atoms with Crippen molar-refractivity contribution < 1.29 is 8.78 Å². The van der Waals surface area contributed by atoms with Crippen LogP contribution in [0.25, 0.3) is 0 Å². The van der Waals surface area contributed by atoms with Crippen LogP contribution in [0.15, 0.2) is 6.07 Å². The molecule has 66 valence electrons. The zero-order chi connectivity index (χ0) is 9.30. The highest BCUT2D eigenvalue weighted by molar-refractivity contribution is 14.1. The number of halogens is 3. The second kappa shape index (κ2) is 3.51. The summed E-state index contributed by atoms with van der Waals surface area (Å²) in [7, 11) is 0. The molecule has 1 aromatic heterocycles. The maximum atomic E-state index is 12.2. The van der Waals surface area contributed by atoms with Gasteiger partial charge in [0.05, 0.1) is 5.69 Å². The molecule has 2 N–H and O–H groups in total. The van der Waals surface area contributed by atoms with Crippen LogP contribution in [0.3, 0.4) is 0 Å². The summed E-state index contributed by atoms with van der Waals surface area (Å²) in [5.41, 5.74) is 6.43. The Hall–Kier alpha value is -0.460. The third kappa shape index (κ3) is 1.82. The van der Waals surface area contributed by atoms with Gasteiger partial charge in [-0.05, 0) is 41.1 Å². The smallest absolute Gasteiger partial charge is 0.280 e. The number of nitrogens with two attached hydrogens (primary N) is 1. The number of nitrogen functional groups attached to an aromatic ring is 1. The third-order valence-corrected chi connectivity index (χ3v) is 2.28. The largest absolute Gasteiger partial charge is 0.396 e. The van der Waals surface area contributed by atoms with Crippen LogP contribution >= 0.6 is 22.6 Å². The average Bonchev–Trinajstić information content (AvgIpc) is 1.99. The molecule has 0 aliphatic carbocycles. The quantitative estimate of drug-likeness (QED) is 0.635. The summed E-state index contributed by atoms with van der Waals surface area (Å²) in [6.07, 6.45) is -2.53. The molecule has 0 aliphatic rings. The summed E-state index contributed by atoms with van der Waals surface area (Å²) in [5, 5.41) is 0. The summed E-state index contributed by atoms with van der Waals surface area (Å²) in [5.74, 6) is 0. The molecule has 0 spiro atoms. The van der Waals surface area contributed by atoms with Gasteiger partial charge >= 0.3 is 0 Å². The van der Waals surface area contributed by atoms with E-state index in [0.29, 0.717) is 15.0 Å². The molecule has 0 fully saturated rings. The molecule has 0 saturated heterocycles. The van der Waals surface area contributed by atoms with Crippen LogP contribution in [0.5, 0.6) is 0 Å². The molecule has 0 unspecified atom stereocenters. The number of rotatable bonds is 1. The van der Waals surface area contributed by atoms with E-state index in [9.17, 15) is 8.78 Å². The van der Waals surface area contributed by atoms with Gasteiger partial charge in [0.2, 0.25) is 0 Å². The van der Waals surface area contributed by atoms with Crippen molar-refractivity contribution in [2.75, 3.05) is 5.73 Å². The topological polar surface area (TPSA) is 38.9 Å². The molecule has 0 atom stereocenters. The highest BCUT2D eigenvalue weighted by atomic mass is 127. The van der Waals surface area contributed by atoms with Gasteiger partial charge in [-0.2, -0.15) is 0 Å². The van der Waals surface area contributed by atoms with Gasteiger partial charge < -0.3 is 5.73 Å². The van der Waals surface area contributed by atoms with E-state index in [-0.39, 0.29) is 5.69 Å². The highest BCUT2D eigenvalue weighted by Crippen LogP contribution is 2.23. The summed E-state index contributed by atoms with van der Waals surface area (Å²) in [6, 6.07) is 1.31. The SMILES string of the molecule is Cc1cc(C(F)F)nc(I)c1N. The number of alkyl halides is 2. The first-order chi connectivity index (χ1) is 5.52. The molecule has 12 heavy (non-hydrogen) atoms. The molecule has 0 amide bonds. The van der Waals surface area contributed by atoms with Gasteiger partial charge in [0.1, 0.15) is 9.39 Å². The van der Waals surface area contributed by atoms with Crippen LogP contribution < -0.4 is 5.73 Å². The number of pyridine rings is 1. The van der Waals surface area contributed by atoms with Crippen LogP contribution in [0.1, 0.15) is 17.7 Å². The first kappa shape index (κ1) is 9.63. The van der Waals surface area contributed by atoms with Gasteiger partial charge in [-0.1, -0.05) is 0 Å². The summed E-state index contributed by atoms with van der Waals surface area (Å²) >= 11 is 1.84. The van der Waals surface area contributed by atoms with Gasteiger partial charge in [0.15, 0.2) is 0 Å². The van der Waals surface area contributed by atoms with Crippen molar-refractivity contribution in [2.24, 2.45) is 0 Å². The predicted molar refractivity (Wildman–Crippen MR) is 51.1 cm³/mol. The minimum absolute atomic E-state index is 0.217. The minimum atomic E-state index is -2.53. The average molecular weight is 284 g/mol. The van der Waals surface area contributed by atoms with Gasteiger partial charge in [-0.25, -0.2) is 13.8 Å². The Labute approximate surface area is 82.3 Å². The molecule has 5 heteroatoms. The van der Waals surface area contributed by atoms with Crippen molar-refractivity contribution in [3.8, 4) is 0 Å². The van der Waals surface area contributed by atoms with Crippen LogP contribution in [-0.2, 0) is 0 Å². The monoisotopic (exact) mass is 284 g/mol. The zero-order valence-corrected chi connectivity index (χ0v) is 8.47. The molecule has 2 nitrogen and oxygen atoms in total. The Morgan fingerprint density at radius 1 is 1.58 bits per heavy atom. The van der Waals surface area contributed by atoms with E-state index in [1.165, 1.54) is 6.07 Å². The van der Waals surface area contributed by atoms with E-state index in [2.05, 4.69) is 4.98 Å². The molecule has 0 bridgehead atoms. The van der Waals surface area contributed by atoms with Crippen LogP contribution in [-0.4, -0.2) is 4.98 Å². The molecule has 0 saturated carbocycles. The molecule has 1 heterocycles. The number of anilines is 1. The standard InChI is InChI=1S/C7H7F2IN2/c1-3-2-4(6(8)9)12-7(10)5(3)11/h2,6H,11H2,1H3. The summed E-state index contributed by atoms with van der Waals surface area (Å²) in [4.78, 5) is 3.64. The molecular weight excluding hydrogens is 277 g/mol. The van der Waals surface area contributed by atoms with Gasteiger partial charge in [0, 0.05) is 0 Å². The normalized spacial score (nSPS) is 10.8. The Kier molecular flexibility index (Phi) is 2.81. The zero-order valence-electron chi connectivity index (χ0n) is 6.31. The van der Waals surface area contributed by atoms with Crippen molar-refractivity contribution in [1.82, 2.24) is 4.98 Å². The number of hydrogen-bond donors (Lipinski definition) is 1. The highest BCUT2D eigenvalue weighted by Gasteiger charge is 2.12. The Morgan fingerprint density at radius 3 is 2.58 bits per heavy atom. The molecular formula is C7H7F2IN2. The van der Waals surface area contributed by atoms with Crippen molar-refractivity contribution >= 4 is 28.3 Å². The fraction of sp³-hybridized carbons (Fsp3) is 0.286. The molecule has 0 aliphatic heterocycles. The lowest BCUT2D eigenvalue weighted by Crippen LogP contribution is -2.00. The Balaban J connectivity index is 3.21. The molecule has 0 radical (unpaired) electrons. The maximum absolute atomic E-state index is 12.2.